The molecular weight excluding hydrogens is 497 g/mol. The SMILES string of the molecule is CC1(C)CC2(NC(=O)N(CCCN3CCC(OCc4ccc(Cl)cc4)CC3)C2=O)c2cc(F)ccc2O1. The molecule has 1 N–H and O–H groups in total. The van der Waals surface area contributed by atoms with E-state index in [1.54, 1.807) is 0 Å². The van der Waals surface area contributed by atoms with Gasteiger partial charge in [-0.15, -0.1) is 0 Å². The third-order valence-corrected chi connectivity index (χ3v) is 7.70. The smallest absolute Gasteiger partial charge is 0.325 e. The van der Waals surface area contributed by atoms with Crippen LogP contribution in [0.2, 0.25) is 5.02 Å². The van der Waals surface area contributed by atoms with Crippen molar-refractivity contribution in [2.75, 3.05) is 26.2 Å². The first-order valence-corrected chi connectivity index (χ1v) is 13.2. The minimum atomic E-state index is -1.31. The van der Waals surface area contributed by atoms with Gasteiger partial charge in [-0.05, 0) is 75.5 Å². The number of carbonyl (C=O) groups excluding carboxylic acids is 2. The molecule has 5 rings (SSSR count). The molecule has 0 saturated carbocycles. The number of nitrogens with zero attached hydrogens (tertiary/aromatic N) is 2. The summed E-state index contributed by atoms with van der Waals surface area (Å²) in [6.07, 6.45) is 3.01. The fourth-order valence-electron chi connectivity index (χ4n) is 5.67. The number of urea groups is 1. The molecule has 9 heteroatoms. The number of carbonyl (C=O) groups is 2. The third kappa shape index (κ3) is 5.47. The molecule has 37 heavy (non-hydrogen) atoms. The molecule has 3 aliphatic rings. The van der Waals surface area contributed by atoms with Gasteiger partial charge in [0, 0.05) is 36.6 Å². The Bertz CT molecular complexity index is 1170. The summed E-state index contributed by atoms with van der Waals surface area (Å²) in [6, 6.07) is 11.4. The molecule has 198 valence electrons. The van der Waals surface area contributed by atoms with E-state index >= 15 is 0 Å². The molecule has 3 heterocycles. The van der Waals surface area contributed by atoms with E-state index in [-0.39, 0.29) is 18.4 Å². The van der Waals surface area contributed by atoms with Gasteiger partial charge in [0.05, 0.1) is 12.7 Å². The van der Waals surface area contributed by atoms with Crippen molar-refractivity contribution in [2.24, 2.45) is 0 Å². The number of piperidine rings is 1. The number of nitrogens with one attached hydrogen (secondary N) is 1. The second-order valence-electron chi connectivity index (χ2n) is 10.8. The van der Waals surface area contributed by atoms with Crippen molar-refractivity contribution < 1.29 is 23.5 Å². The zero-order valence-corrected chi connectivity index (χ0v) is 22.0. The lowest BCUT2D eigenvalue weighted by Gasteiger charge is -2.42. The summed E-state index contributed by atoms with van der Waals surface area (Å²) in [7, 11) is 0. The Balaban J connectivity index is 1.13. The first-order valence-electron chi connectivity index (χ1n) is 12.9. The maximum atomic E-state index is 14.1. The van der Waals surface area contributed by atoms with Crippen molar-refractivity contribution in [3.8, 4) is 5.75 Å². The van der Waals surface area contributed by atoms with Gasteiger partial charge < -0.3 is 19.7 Å². The van der Waals surface area contributed by atoms with Gasteiger partial charge in [-0.2, -0.15) is 0 Å². The summed E-state index contributed by atoms with van der Waals surface area (Å²) in [5.74, 6) is -0.383. The molecule has 0 bridgehead atoms. The minimum absolute atomic E-state index is 0.218. The van der Waals surface area contributed by atoms with E-state index in [4.69, 9.17) is 21.1 Å². The van der Waals surface area contributed by atoms with Crippen LogP contribution in [0.25, 0.3) is 0 Å². The fourth-order valence-corrected chi connectivity index (χ4v) is 5.80. The van der Waals surface area contributed by atoms with Gasteiger partial charge >= 0.3 is 6.03 Å². The quantitative estimate of drug-likeness (QED) is 0.519. The number of imide groups is 1. The summed E-state index contributed by atoms with van der Waals surface area (Å²) in [4.78, 5) is 30.2. The highest BCUT2D eigenvalue weighted by atomic mass is 35.5. The Morgan fingerprint density at radius 3 is 2.57 bits per heavy atom. The molecule has 1 spiro atoms. The van der Waals surface area contributed by atoms with E-state index in [1.165, 1.54) is 23.1 Å². The van der Waals surface area contributed by atoms with Crippen LogP contribution >= 0.6 is 11.6 Å². The molecule has 0 radical (unpaired) electrons. The molecule has 0 aromatic heterocycles. The average Bonchev–Trinajstić information content (AvgIpc) is 3.09. The Kier molecular flexibility index (Phi) is 7.18. The number of ether oxygens (including phenoxy) is 2. The number of hydrogen-bond donors (Lipinski definition) is 1. The standard InChI is InChI=1S/C28H33ClFN3O4/c1-27(2)18-28(23-16-21(30)8-9-24(23)37-27)25(34)33(26(35)31-28)13-3-12-32-14-10-22(11-15-32)36-17-19-4-6-20(29)7-5-19/h4-9,16,22H,3,10-15,17-18H2,1-2H3,(H,31,35). The Labute approximate surface area is 221 Å². The molecule has 2 fully saturated rings. The lowest BCUT2D eigenvalue weighted by atomic mass is 9.77. The Morgan fingerprint density at radius 1 is 1.11 bits per heavy atom. The third-order valence-electron chi connectivity index (χ3n) is 7.44. The lowest BCUT2D eigenvalue weighted by molar-refractivity contribution is -0.134. The fraction of sp³-hybridized carbons (Fsp3) is 0.500. The Morgan fingerprint density at radius 2 is 1.84 bits per heavy atom. The first kappa shape index (κ1) is 25.9. The molecule has 2 saturated heterocycles. The van der Waals surface area contributed by atoms with Gasteiger partial charge in [-0.25, -0.2) is 9.18 Å². The Hall–Kier alpha value is -2.68. The van der Waals surface area contributed by atoms with Crippen LogP contribution in [0.4, 0.5) is 9.18 Å². The lowest BCUT2D eigenvalue weighted by Crippen LogP contribution is -2.53. The summed E-state index contributed by atoms with van der Waals surface area (Å²) in [6.45, 7) is 7.22. The van der Waals surface area contributed by atoms with Crippen LogP contribution in [0.5, 0.6) is 5.75 Å². The molecular formula is C28H33ClFN3O4. The van der Waals surface area contributed by atoms with Crippen LogP contribution in [0.15, 0.2) is 42.5 Å². The van der Waals surface area contributed by atoms with Gasteiger partial charge in [0.25, 0.3) is 5.91 Å². The molecule has 1 unspecified atom stereocenters. The minimum Gasteiger partial charge on any atom is -0.487 e. The average molecular weight is 530 g/mol. The van der Waals surface area contributed by atoms with Crippen molar-refractivity contribution in [1.82, 2.24) is 15.1 Å². The second kappa shape index (κ2) is 10.2. The van der Waals surface area contributed by atoms with Gasteiger partial charge in [0.15, 0.2) is 5.54 Å². The van der Waals surface area contributed by atoms with E-state index < -0.39 is 23.0 Å². The van der Waals surface area contributed by atoms with Crippen LogP contribution in [-0.4, -0.2) is 59.6 Å². The summed E-state index contributed by atoms with van der Waals surface area (Å²) >= 11 is 5.94. The van der Waals surface area contributed by atoms with Crippen molar-refractivity contribution >= 4 is 23.5 Å². The molecule has 7 nitrogen and oxygen atoms in total. The highest BCUT2D eigenvalue weighted by Gasteiger charge is 2.58. The van der Waals surface area contributed by atoms with Gasteiger partial charge in [-0.3, -0.25) is 9.69 Å². The zero-order valence-electron chi connectivity index (χ0n) is 21.3. The van der Waals surface area contributed by atoms with E-state index in [0.29, 0.717) is 30.9 Å². The number of benzene rings is 2. The predicted molar refractivity (Wildman–Crippen MR) is 138 cm³/mol. The molecule has 3 amide bonds. The number of fused-ring (bicyclic) bond motifs is 2. The largest absolute Gasteiger partial charge is 0.487 e. The van der Waals surface area contributed by atoms with Crippen LogP contribution in [-0.2, 0) is 21.7 Å². The zero-order chi connectivity index (χ0) is 26.2. The van der Waals surface area contributed by atoms with Crippen LogP contribution in [0.1, 0.15) is 50.7 Å². The number of hydrogen-bond acceptors (Lipinski definition) is 5. The highest BCUT2D eigenvalue weighted by Crippen LogP contribution is 2.46. The van der Waals surface area contributed by atoms with Crippen LogP contribution in [0.3, 0.4) is 0 Å². The van der Waals surface area contributed by atoms with Gasteiger partial charge in [-0.1, -0.05) is 23.7 Å². The van der Waals surface area contributed by atoms with Crippen molar-refractivity contribution in [3.05, 3.63) is 64.4 Å². The van der Waals surface area contributed by atoms with Crippen molar-refractivity contribution in [3.63, 3.8) is 0 Å². The topological polar surface area (TPSA) is 71.1 Å². The molecule has 2 aromatic carbocycles. The molecule has 2 aromatic rings. The van der Waals surface area contributed by atoms with E-state index in [9.17, 15) is 14.0 Å². The van der Waals surface area contributed by atoms with E-state index in [1.807, 2.05) is 38.1 Å². The summed E-state index contributed by atoms with van der Waals surface area (Å²) in [5, 5.41) is 3.60. The predicted octanol–water partition coefficient (Wildman–Crippen LogP) is 4.86. The number of amides is 3. The maximum absolute atomic E-state index is 14.1. The van der Waals surface area contributed by atoms with Crippen molar-refractivity contribution in [2.45, 2.75) is 63.4 Å². The number of likely N-dealkylation sites (tertiary alicyclic amines) is 1. The summed E-state index contributed by atoms with van der Waals surface area (Å²) < 4.78 is 26.2. The van der Waals surface area contributed by atoms with Crippen LogP contribution in [0, 0.1) is 5.82 Å². The maximum Gasteiger partial charge on any atom is 0.325 e. The summed E-state index contributed by atoms with van der Waals surface area (Å²) in [5.41, 5.74) is -0.510. The normalized spacial score (nSPS) is 23.7. The van der Waals surface area contributed by atoms with E-state index in [2.05, 4.69) is 10.2 Å². The monoisotopic (exact) mass is 529 g/mol. The van der Waals surface area contributed by atoms with Crippen LogP contribution < -0.4 is 10.1 Å². The second-order valence-corrected chi connectivity index (χ2v) is 11.2. The van der Waals surface area contributed by atoms with Gasteiger partial charge in [0.2, 0.25) is 0 Å². The highest BCUT2D eigenvalue weighted by molar-refractivity contribution is 6.30. The van der Waals surface area contributed by atoms with Crippen molar-refractivity contribution in [1.29, 1.82) is 0 Å². The first-order chi connectivity index (χ1) is 17.6. The number of rotatable bonds is 7. The molecule has 1 atom stereocenters. The molecule has 0 aliphatic carbocycles. The van der Waals surface area contributed by atoms with E-state index in [0.717, 1.165) is 43.1 Å². The van der Waals surface area contributed by atoms with Gasteiger partial charge in [0.1, 0.15) is 17.2 Å². The molecule has 3 aliphatic heterocycles. The number of halogens is 2.